The van der Waals surface area contributed by atoms with Crippen LogP contribution in [-0.2, 0) is 10.8 Å². The van der Waals surface area contributed by atoms with Crippen LogP contribution in [0.4, 0.5) is 0 Å². The highest BCUT2D eigenvalue weighted by molar-refractivity contribution is 7.84. The minimum atomic E-state index is -1.24. The summed E-state index contributed by atoms with van der Waals surface area (Å²) in [5.74, 6) is -1.79. The van der Waals surface area contributed by atoms with Crippen molar-refractivity contribution in [3.8, 4) is 0 Å². The predicted molar refractivity (Wildman–Crippen MR) is 66.0 cm³/mol. The van der Waals surface area contributed by atoms with Gasteiger partial charge in [0.05, 0.1) is 6.33 Å². The first-order valence-corrected chi connectivity index (χ1v) is 6.92. The molecular formula is C10H15N3O4S. The van der Waals surface area contributed by atoms with Crippen molar-refractivity contribution >= 4 is 22.7 Å². The van der Waals surface area contributed by atoms with Crippen molar-refractivity contribution in [3.63, 3.8) is 0 Å². The Morgan fingerprint density at radius 2 is 2.28 bits per heavy atom. The average Bonchev–Trinajstić information content (AvgIpc) is 2.77. The number of hydrogen-bond donors (Lipinski definition) is 3. The fraction of sp³-hybridized carbons (Fsp3) is 0.500. The van der Waals surface area contributed by atoms with Gasteiger partial charge in [0.25, 0.3) is 5.91 Å². The second-order valence-corrected chi connectivity index (χ2v) is 5.59. The lowest BCUT2D eigenvalue weighted by Crippen LogP contribution is -2.29. The second-order valence-electron chi connectivity index (χ2n) is 3.79. The lowest BCUT2D eigenvalue weighted by Gasteiger charge is -2.08. The van der Waals surface area contributed by atoms with Crippen LogP contribution in [0.5, 0.6) is 0 Å². The standard InChI is InChI=1S/C10H15N3O4S/c1-6(18(2)17)3-4-11-9(14)7-8(10(15)16)13-5-12-7/h5-6H,3-4H2,1-2H3,(H,11,14)(H,12,13)(H,15,16). The number of carboxylic acids is 1. The molecule has 1 rings (SSSR count). The molecule has 0 saturated heterocycles. The molecule has 3 N–H and O–H groups in total. The molecule has 7 nitrogen and oxygen atoms in total. The molecule has 0 fully saturated rings. The quantitative estimate of drug-likeness (QED) is 0.675. The molecule has 1 aromatic heterocycles. The van der Waals surface area contributed by atoms with Gasteiger partial charge in [-0.1, -0.05) is 6.92 Å². The first-order valence-electron chi connectivity index (χ1n) is 5.30. The van der Waals surface area contributed by atoms with E-state index in [1.807, 2.05) is 6.92 Å². The van der Waals surface area contributed by atoms with Crippen molar-refractivity contribution in [1.29, 1.82) is 0 Å². The van der Waals surface area contributed by atoms with E-state index in [-0.39, 0.29) is 16.6 Å². The SMILES string of the molecule is CC(CCNC(=O)c1nc[nH]c1C(=O)O)S(C)=O. The third-order valence-electron chi connectivity index (χ3n) is 2.47. The van der Waals surface area contributed by atoms with E-state index in [0.717, 1.165) is 6.33 Å². The van der Waals surface area contributed by atoms with Crippen LogP contribution >= 0.6 is 0 Å². The van der Waals surface area contributed by atoms with E-state index >= 15 is 0 Å². The van der Waals surface area contributed by atoms with Crippen molar-refractivity contribution in [2.45, 2.75) is 18.6 Å². The van der Waals surface area contributed by atoms with Crippen molar-refractivity contribution in [1.82, 2.24) is 15.3 Å². The summed E-state index contributed by atoms with van der Waals surface area (Å²) in [7, 11) is -0.941. The average molecular weight is 273 g/mol. The van der Waals surface area contributed by atoms with Crippen LogP contribution < -0.4 is 5.32 Å². The molecule has 1 aromatic rings. The zero-order chi connectivity index (χ0) is 13.7. The zero-order valence-corrected chi connectivity index (χ0v) is 10.9. The molecular weight excluding hydrogens is 258 g/mol. The largest absolute Gasteiger partial charge is 0.477 e. The molecule has 0 aliphatic rings. The van der Waals surface area contributed by atoms with Gasteiger partial charge in [-0.15, -0.1) is 0 Å². The zero-order valence-electron chi connectivity index (χ0n) is 10.1. The maximum Gasteiger partial charge on any atom is 0.354 e. The Morgan fingerprint density at radius 3 is 2.83 bits per heavy atom. The van der Waals surface area contributed by atoms with Crippen molar-refractivity contribution in [2.75, 3.05) is 12.8 Å². The Bertz CT molecular complexity index is 471. The minimum absolute atomic E-state index is 0.0246. The van der Waals surface area contributed by atoms with Gasteiger partial charge in [0.2, 0.25) is 0 Å². The number of rotatable bonds is 6. The first-order chi connectivity index (χ1) is 8.43. The Labute approximate surface area is 106 Å². The summed E-state index contributed by atoms with van der Waals surface area (Å²) in [6.07, 6.45) is 3.31. The van der Waals surface area contributed by atoms with Crippen LogP contribution in [0.25, 0.3) is 0 Å². The fourth-order valence-electron chi connectivity index (χ4n) is 1.27. The van der Waals surface area contributed by atoms with Gasteiger partial charge in [0.15, 0.2) is 11.4 Å². The smallest absolute Gasteiger partial charge is 0.354 e. The van der Waals surface area contributed by atoms with E-state index in [9.17, 15) is 13.8 Å². The van der Waals surface area contributed by atoms with E-state index in [1.54, 1.807) is 6.26 Å². The summed E-state index contributed by atoms with van der Waals surface area (Å²) in [5, 5.41) is 11.3. The summed E-state index contributed by atoms with van der Waals surface area (Å²) in [6, 6.07) is 0. The number of carbonyl (C=O) groups excluding carboxylic acids is 1. The number of aromatic nitrogens is 2. The van der Waals surface area contributed by atoms with Gasteiger partial charge in [-0.2, -0.15) is 0 Å². The number of imidazole rings is 1. The van der Waals surface area contributed by atoms with Gasteiger partial charge in [-0.3, -0.25) is 9.00 Å². The van der Waals surface area contributed by atoms with Crippen molar-refractivity contribution < 1.29 is 18.9 Å². The normalized spacial score (nSPS) is 13.9. The van der Waals surface area contributed by atoms with E-state index < -0.39 is 22.7 Å². The number of H-pyrrole nitrogens is 1. The van der Waals surface area contributed by atoms with E-state index in [4.69, 9.17) is 5.11 Å². The number of hydrogen-bond acceptors (Lipinski definition) is 4. The molecule has 0 aliphatic heterocycles. The Balaban J connectivity index is 2.53. The molecule has 2 atom stereocenters. The van der Waals surface area contributed by atoms with E-state index in [1.165, 1.54) is 0 Å². The number of carbonyl (C=O) groups is 2. The molecule has 18 heavy (non-hydrogen) atoms. The topological polar surface area (TPSA) is 112 Å². The molecule has 0 aliphatic carbocycles. The number of aromatic amines is 1. The molecule has 0 spiro atoms. The van der Waals surface area contributed by atoms with E-state index in [2.05, 4.69) is 15.3 Å². The van der Waals surface area contributed by atoms with Crippen LogP contribution in [0, 0.1) is 0 Å². The molecule has 2 unspecified atom stereocenters. The summed E-state index contributed by atoms with van der Waals surface area (Å²) >= 11 is 0. The van der Waals surface area contributed by atoms with Crippen LogP contribution in [0.15, 0.2) is 6.33 Å². The lowest BCUT2D eigenvalue weighted by molar-refractivity contribution is 0.0685. The highest BCUT2D eigenvalue weighted by Gasteiger charge is 2.19. The molecule has 0 aromatic carbocycles. The monoisotopic (exact) mass is 273 g/mol. The van der Waals surface area contributed by atoms with Crippen molar-refractivity contribution in [2.24, 2.45) is 0 Å². The van der Waals surface area contributed by atoms with Crippen LogP contribution in [0.2, 0.25) is 0 Å². The summed E-state index contributed by atoms with van der Waals surface area (Å²) in [6.45, 7) is 2.14. The summed E-state index contributed by atoms with van der Waals surface area (Å²) < 4.78 is 11.1. The van der Waals surface area contributed by atoms with Crippen molar-refractivity contribution in [3.05, 3.63) is 17.7 Å². The Kier molecular flexibility index (Phi) is 5.02. The molecule has 0 saturated carbocycles. The third kappa shape index (κ3) is 3.66. The highest BCUT2D eigenvalue weighted by Crippen LogP contribution is 2.03. The third-order valence-corrected chi connectivity index (χ3v) is 3.84. The molecule has 8 heteroatoms. The van der Waals surface area contributed by atoms with Crippen LogP contribution in [-0.4, -0.2) is 49.2 Å². The number of nitrogens with zero attached hydrogens (tertiary/aromatic N) is 1. The summed E-state index contributed by atoms with van der Waals surface area (Å²) in [4.78, 5) is 28.5. The van der Waals surface area contributed by atoms with Gasteiger partial charge >= 0.3 is 5.97 Å². The second kappa shape index (κ2) is 6.29. The van der Waals surface area contributed by atoms with Gasteiger partial charge in [0.1, 0.15) is 0 Å². The molecule has 1 heterocycles. The predicted octanol–water partition coefficient (Wildman–Crippen LogP) is -0.00520. The minimum Gasteiger partial charge on any atom is -0.477 e. The summed E-state index contributed by atoms with van der Waals surface area (Å²) in [5.41, 5.74) is -0.382. The van der Waals surface area contributed by atoms with Gasteiger partial charge in [-0.25, -0.2) is 9.78 Å². The Morgan fingerprint density at radius 1 is 1.61 bits per heavy atom. The lowest BCUT2D eigenvalue weighted by atomic mass is 10.3. The molecule has 100 valence electrons. The van der Waals surface area contributed by atoms with Gasteiger partial charge in [-0.05, 0) is 6.42 Å². The van der Waals surface area contributed by atoms with Crippen LogP contribution in [0.1, 0.15) is 34.3 Å². The van der Waals surface area contributed by atoms with Crippen LogP contribution in [0.3, 0.4) is 0 Å². The maximum atomic E-state index is 11.6. The fourth-order valence-corrected chi connectivity index (χ4v) is 1.72. The number of aromatic carboxylic acids is 1. The maximum absolute atomic E-state index is 11.6. The van der Waals surface area contributed by atoms with E-state index in [0.29, 0.717) is 13.0 Å². The molecule has 0 bridgehead atoms. The number of amides is 1. The molecule has 0 radical (unpaired) electrons. The number of carboxylic acid groups (broad SMARTS) is 1. The molecule has 1 amide bonds. The first kappa shape index (κ1) is 14.4. The Hall–Kier alpha value is -1.70. The number of nitrogens with one attached hydrogen (secondary N) is 2. The highest BCUT2D eigenvalue weighted by atomic mass is 32.2. The van der Waals surface area contributed by atoms with Gasteiger partial charge < -0.3 is 15.4 Å². The van der Waals surface area contributed by atoms with Gasteiger partial charge in [0, 0.05) is 28.9 Å².